The molecule has 140 valence electrons. The monoisotopic (exact) mass is 356 g/mol. The fourth-order valence-electron chi connectivity index (χ4n) is 3.53. The van der Waals surface area contributed by atoms with Crippen LogP contribution >= 0.6 is 0 Å². The third-order valence-corrected chi connectivity index (χ3v) is 5.01. The van der Waals surface area contributed by atoms with Gasteiger partial charge in [0.15, 0.2) is 6.04 Å². The van der Waals surface area contributed by atoms with E-state index < -0.39 is 6.04 Å². The fraction of sp³-hybridized carbons (Fsp3) is 0.579. The molecule has 2 heterocycles. The third kappa shape index (κ3) is 4.09. The molecule has 3 rings (SSSR count). The predicted molar refractivity (Wildman–Crippen MR) is 100 cm³/mol. The van der Waals surface area contributed by atoms with Crippen LogP contribution in [0.5, 0.6) is 0 Å². The molecule has 0 radical (unpaired) electrons. The van der Waals surface area contributed by atoms with Gasteiger partial charge in [0.1, 0.15) is 0 Å². The SMILES string of the molecule is CNCC1CCN(C(=O)C(C(C)C)n2nnc(-c3ccccc3)n2)CC1. The standard InChI is InChI=1S/C19H28N6O/c1-14(2)17(19(26)24-11-9-15(10-12-24)13-20-3)25-22-18(21-23-25)16-7-5-4-6-8-16/h4-8,14-15,17,20H,9-13H2,1-3H3. The summed E-state index contributed by atoms with van der Waals surface area (Å²) in [5.74, 6) is 1.39. The lowest BCUT2D eigenvalue weighted by molar-refractivity contribution is -0.138. The van der Waals surface area contributed by atoms with Gasteiger partial charge in [-0.3, -0.25) is 4.79 Å². The minimum absolute atomic E-state index is 0.0929. The zero-order chi connectivity index (χ0) is 18.5. The van der Waals surface area contributed by atoms with E-state index in [1.807, 2.05) is 56.1 Å². The van der Waals surface area contributed by atoms with Gasteiger partial charge in [0.2, 0.25) is 11.7 Å². The Morgan fingerprint density at radius 1 is 1.23 bits per heavy atom. The zero-order valence-corrected chi connectivity index (χ0v) is 15.8. The number of tetrazole rings is 1. The first-order chi connectivity index (χ1) is 12.6. The van der Waals surface area contributed by atoms with Gasteiger partial charge in [0, 0.05) is 18.7 Å². The quantitative estimate of drug-likeness (QED) is 0.857. The number of likely N-dealkylation sites (tertiary alicyclic amines) is 1. The summed E-state index contributed by atoms with van der Waals surface area (Å²) in [7, 11) is 1.98. The fourth-order valence-corrected chi connectivity index (χ4v) is 3.53. The highest BCUT2D eigenvalue weighted by atomic mass is 16.2. The van der Waals surface area contributed by atoms with Crippen LogP contribution in [-0.2, 0) is 4.79 Å². The van der Waals surface area contributed by atoms with E-state index in [0.717, 1.165) is 38.0 Å². The maximum absolute atomic E-state index is 13.1. The molecule has 1 aromatic heterocycles. The van der Waals surface area contributed by atoms with Crippen LogP contribution in [0.1, 0.15) is 32.7 Å². The molecule has 26 heavy (non-hydrogen) atoms. The molecule has 1 fully saturated rings. The molecular formula is C19H28N6O. The van der Waals surface area contributed by atoms with Crippen molar-refractivity contribution in [1.29, 1.82) is 0 Å². The van der Waals surface area contributed by atoms with Gasteiger partial charge in [-0.2, -0.15) is 4.80 Å². The predicted octanol–water partition coefficient (Wildman–Crippen LogP) is 2.00. The normalized spacial score (nSPS) is 16.8. The van der Waals surface area contributed by atoms with Crippen molar-refractivity contribution < 1.29 is 4.79 Å². The first-order valence-electron chi connectivity index (χ1n) is 9.38. The van der Waals surface area contributed by atoms with E-state index >= 15 is 0 Å². The number of hydrogen-bond donors (Lipinski definition) is 1. The molecule has 0 bridgehead atoms. The van der Waals surface area contributed by atoms with Gasteiger partial charge in [-0.25, -0.2) is 0 Å². The summed E-state index contributed by atoms with van der Waals surface area (Å²) in [6.07, 6.45) is 2.08. The molecule has 0 saturated carbocycles. The number of hydrogen-bond acceptors (Lipinski definition) is 5. The summed E-state index contributed by atoms with van der Waals surface area (Å²) in [4.78, 5) is 16.6. The molecule has 1 unspecified atom stereocenters. The van der Waals surface area contributed by atoms with Crippen molar-refractivity contribution >= 4 is 5.91 Å². The number of nitrogens with zero attached hydrogens (tertiary/aromatic N) is 5. The van der Waals surface area contributed by atoms with Gasteiger partial charge < -0.3 is 10.2 Å². The maximum Gasteiger partial charge on any atom is 0.249 e. The maximum atomic E-state index is 13.1. The highest BCUT2D eigenvalue weighted by Crippen LogP contribution is 2.24. The van der Waals surface area contributed by atoms with E-state index in [0.29, 0.717) is 11.7 Å². The molecule has 2 aromatic rings. The Hall–Kier alpha value is -2.28. The van der Waals surface area contributed by atoms with Crippen molar-refractivity contribution in [2.75, 3.05) is 26.7 Å². The summed E-state index contributed by atoms with van der Waals surface area (Å²) in [6.45, 7) is 6.67. The number of rotatable bonds is 6. The molecule has 1 aromatic carbocycles. The second-order valence-corrected chi connectivity index (χ2v) is 7.31. The number of amides is 1. The minimum Gasteiger partial charge on any atom is -0.341 e. The molecule has 1 amide bonds. The zero-order valence-electron chi connectivity index (χ0n) is 15.8. The van der Waals surface area contributed by atoms with Crippen LogP contribution in [0.3, 0.4) is 0 Å². The molecule has 1 aliphatic rings. The molecule has 1 N–H and O–H groups in total. The summed E-state index contributed by atoms with van der Waals surface area (Å²) < 4.78 is 0. The van der Waals surface area contributed by atoms with Gasteiger partial charge in [-0.05, 0) is 43.5 Å². The highest BCUT2D eigenvalue weighted by Gasteiger charge is 2.33. The van der Waals surface area contributed by atoms with Crippen molar-refractivity contribution in [3.05, 3.63) is 30.3 Å². The van der Waals surface area contributed by atoms with Crippen LogP contribution in [0.2, 0.25) is 0 Å². The Kier molecular flexibility index (Phi) is 5.98. The summed E-state index contributed by atoms with van der Waals surface area (Å²) >= 11 is 0. The Morgan fingerprint density at radius 2 is 1.92 bits per heavy atom. The third-order valence-electron chi connectivity index (χ3n) is 5.01. The minimum atomic E-state index is -0.416. The van der Waals surface area contributed by atoms with Crippen molar-refractivity contribution in [2.24, 2.45) is 11.8 Å². The van der Waals surface area contributed by atoms with Crippen LogP contribution < -0.4 is 5.32 Å². The number of piperidine rings is 1. The van der Waals surface area contributed by atoms with Gasteiger partial charge >= 0.3 is 0 Å². The van der Waals surface area contributed by atoms with Crippen molar-refractivity contribution in [3.8, 4) is 11.4 Å². The molecule has 1 aliphatic heterocycles. The second-order valence-electron chi connectivity index (χ2n) is 7.31. The summed E-state index contributed by atoms with van der Waals surface area (Å²) in [5, 5.41) is 16.1. The van der Waals surface area contributed by atoms with Crippen LogP contribution in [0.25, 0.3) is 11.4 Å². The Labute approximate surface area is 154 Å². The number of aromatic nitrogens is 4. The highest BCUT2D eigenvalue weighted by molar-refractivity contribution is 5.80. The van der Waals surface area contributed by atoms with E-state index in [4.69, 9.17) is 0 Å². The van der Waals surface area contributed by atoms with Crippen LogP contribution in [0, 0.1) is 11.8 Å². The van der Waals surface area contributed by atoms with Gasteiger partial charge in [0.25, 0.3) is 0 Å². The number of carbonyl (C=O) groups excluding carboxylic acids is 1. The summed E-state index contributed by atoms with van der Waals surface area (Å²) in [6, 6.07) is 9.31. The average molecular weight is 356 g/mol. The Bertz CT molecular complexity index is 706. The topological polar surface area (TPSA) is 75.9 Å². The van der Waals surface area contributed by atoms with Crippen molar-refractivity contribution in [3.63, 3.8) is 0 Å². The van der Waals surface area contributed by atoms with E-state index in [9.17, 15) is 4.79 Å². The van der Waals surface area contributed by atoms with Crippen LogP contribution in [-0.4, -0.2) is 57.7 Å². The first-order valence-corrected chi connectivity index (χ1v) is 9.38. The lowest BCUT2D eigenvalue weighted by Crippen LogP contribution is -2.45. The van der Waals surface area contributed by atoms with Gasteiger partial charge in [0.05, 0.1) is 0 Å². The lowest BCUT2D eigenvalue weighted by atomic mass is 9.95. The lowest BCUT2D eigenvalue weighted by Gasteiger charge is -2.34. The van der Waals surface area contributed by atoms with E-state index in [-0.39, 0.29) is 11.8 Å². The Balaban J connectivity index is 1.73. The van der Waals surface area contributed by atoms with Crippen molar-refractivity contribution in [2.45, 2.75) is 32.7 Å². The molecule has 0 aliphatic carbocycles. The van der Waals surface area contributed by atoms with E-state index in [1.165, 1.54) is 4.80 Å². The largest absolute Gasteiger partial charge is 0.341 e. The average Bonchev–Trinajstić information content (AvgIpc) is 3.12. The molecule has 7 heteroatoms. The van der Waals surface area contributed by atoms with Crippen LogP contribution in [0.4, 0.5) is 0 Å². The summed E-state index contributed by atoms with van der Waals surface area (Å²) in [5.41, 5.74) is 0.904. The number of benzene rings is 1. The Morgan fingerprint density at radius 3 is 2.54 bits per heavy atom. The van der Waals surface area contributed by atoms with E-state index in [1.54, 1.807) is 0 Å². The molecule has 1 saturated heterocycles. The number of carbonyl (C=O) groups is 1. The van der Waals surface area contributed by atoms with E-state index in [2.05, 4.69) is 20.7 Å². The van der Waals surface area contributed by atoms with Crippen LogP contribution in [0.15, 0.2) is 30.3 Å². The molecule has 0 spiro atoms. The van der Waals surface area contributed by atoms with Crippen molar-refractivity contribution in [1.82, 2.24) is 30.4 Å². The molecular weight excluding hydrogens is 328 g/mol. The number of nitrogens with one attached hydrogen (secondary N) is 1. The second kappa shape index (κ2) is 8.40. The smallest absolute Gasteiger partial charge is 0.249 e. The first kappa shape index (κ1) is 18.5. The molecule has 1 atom stereocenters. The van der Waals surface area contributed by atoms with Gasteiger partial charge in [-0.1, -0.05) is 44.2 Å². The van der Waals surface area contributed by atoms with Gasteiger partial charge in [-0.15, -0.1) is 10.2 Å². The molecule has 7 nitrogen and oxygen atoms in total.